The summed E-state index contributed by atoms with van der Waals surface area (Å²) >= 11 is 0. The second-order valence-electron chi connectivity index (χ2n) is 7.10. The molecule has 1 aromatic heterocycles. The number of aliphatic hydroxyl groups is 1. The zero-order valence-corrected chi connectivity index (χ0v) is 15.0. The average Bonchev–Trinajstić information content (AvgIpc) is 2.59. The van der Waals surface area contributed by atoms with Crippen molar-refractivity contribution in [2.75, 3.05) is 13.1 Å². The Hall–Kier alpha value is -2.58. The summed E-state index contributed by atoms with van der Waals surface area (Å²) in [6, 6.07) is 7.02. The van der Waals surface area contributed by atoms with E-state index >= 15 is 0 Å². The van der Waals surface area contributed by atoms with E-state index in [1.54, 1.807) is 6.92 Å². The number of carbonyl (C=O) groups is 1. The highest BCUT2D eigenvalue weighted by Gasteiger charge is 2.49. The minimum Gasteiger partial charge on any atom is -0.481 e. The molecule has 0 unspecified atom stereocenters. The Bertz CT molecular complexity index is 883. The van der Waals surface area contributed by atoms with Crippen molar-refractivity contribution < 1.29 is 19.4 Å². The molecule has 144 valence electrons. The van der Waals surface area contributed by atoms with E-state index in [-0.39, 0.29) is 24.9 Å². The fraction of sp³-hybridized carbons (Fsp3) is 0.421. The van der Waals surface area contributed by atoms with E-state index in [0.717, 1.165) is 0 Å². The van der Waals surface area contributed by atoms with E-state index in [0.29, 0.717) is 30.2 Å². The van der Waals surface area contributed by atoms with Gasteiger partial charge in [-0.3, -0.25) is 14.5 Å². The summed E-state index contributed by atoms with van der Waals surface area (Å²) in [5.41, 5.74) is -0.476. The highest BCUT2D eigenvalue weighted by atomic mass is 19.1. The van der Waals surface area contributed by atoms with Gasteiger partial charge in [0.25, 0.3) is 5.56 Å². The lowest BCUT2D eigenvalue weighted by molar-refractivity contribution is -0.163. The van der Waals surface area contributed by atoms with Crippen LogP contribution in [-0.4, -0.2) is 50.2 Å². The molecule has 1 fully saturated rings. The Morgan fingerprint density at radius 2 is 2.11 bits per heavy atom. The number of nitrogens with one attached hydrogen (secondary N) is 1. The summed E-state index contributed by atoms with van der Waals surface area (Å²) in [4.78, 5) is 32.5. The molecule has 1 aromatic carbocycles. The predicted octanol–water partition coefficient (Wildman–Crippen LogP) is 1.10. The summed E-state index contributed by atoms with van der Waals surface area (Å²) in [6.45, 7) is 2.60. The SMILES string of the molecule is Cc1nc(CN2CC[C@H](O)[C@](Cc3ccc(F)cc3)(C(=O)O)C2)cc(=O)[nH]1. The molecular formula is C19H22FN3O4. The van der Waals surface area contributed by atoms with Gasteiger partial charge in [0.05, 0.1) is 11.8 Å². The van der Waals surface area contributed by atoms with E-state index in [1.165, 1.54) is 30.3 Å². The van der Waals surface area contributed by atoms with Gasteiger partial charge < -0.3 is 15.2 Å². The molecule has 1 aliphatic heterocycles. The van der Waals surface area contributed by atoms with Gasteiger partial charge in [0, 0.05) is 25.7 Å². The third-order valence-electron chi connectivity index (χ3n) is 5.02. The van der Waals surface area contributed by atoms with Gasteiger partial charge in [-0.15, -0.1) is 0 Å². The maximum atomic E-state index is 13.2. The number of benzene rings is 1. The third kappa shape index (κ3) is 4.23. The standard InChI is InChI=1S/C19H22FN3O4/c1-12-21-15(8-17(25)22-12)10-23-7-6-16(24)19(11-23,18(26)27)9-13-2-4-14(20)5-3-13/h2-5,8,16,24H,6-7,9-11H2,1H3,(H,26,27)(H,21,22,25)/t16-,19+/m0/s1. The van der Waals surface area contributed by atoms with Crippen molar-refractivity contribution in [3.63, 3.8) is 0 Å². The number of aliphatic carboxylic acids is 1. The van der Waals surface area contributed by atoms with Gasteiger partial charge in [-0.05, 0) is 37.5 Å². The van der Waals surface area contributed by atoms with E-state index in [1.807, 2.05) is 4.90 Å². The van der Waals surface area contributed by atoms with Gasteiger partial charge >= 0.3 is 5.97 Å². The minimum absolute atomic E-state index is 0.0854. The highest BCUT2D eigenvalue weighted by molar-refractivity contribution is 5.76. The summed E-state index contributed by atoms with van der Waals surface area (Å²) in [5.74, 6) is -1.01. The van der Waals surface area contributed by atoms with Gasteiger partial charge in [-0.2, -0.15) is 0 Å². The molecule has 0 aliphatic carbocycles. The van der Waals surface area contributed by atoms with Crippen LogP contribution in [0.3, 0.4) is 0 Å². The predicted molar refractivity (Wildman–Crippen MR) is 95.7 cm³/mol. The summed E-state index contributed by atoms with van der Waals surface area (Å²) in [6.07, 6.45) is -0.650. The van der Waals surface area contributed by atoms with Crippen molar-refractivity contribution in [1.82, 2.24) is 14.9 Å². The molecule has 3 N–H and O–H groups in total. The van der Waals surface area contributed by atoms with Crippen LogP contribution in [0.5, 0.6) is 0 Å². The smallest absolute Gasteiger partial charge is 0.313 e. The van der Waals surface area contributed by atoms with Gasteiger partial charge in [0.2, 0.25) is 0 Å². The van der Waals surface area contributed by atoms with Gasteiger partial charge in [-0.25, -0.2) is 9.37 Å². The van der Waals surface area contributed by atoms with E-state index in [4.69, 9.17) is 0 Å². The molecule has 0 saturated carbocycles. The number of piperidine rings is 1. The zero-order chi connectivity index (χ0) is 19.6. The number of nitrogens with zero attached hydrogens (tertiary/aromatic N) is 2. The van der Waals surface area contributed by atoms with Gasteiger partial charge in [0.1, 0.15) is 17.1 Å². The van der Waals surface area contributed by atoms with Crippen LogP contribution in [0.1, 0.15) is 23.5 Å². The molecule has 1 aliphatic rings. The number of hydrogen-bond acceptors (Lipinski definition) is 5. The van der Waals surface area contributed by atoms with Crippen LogP contribution in [-0.2, 0) is 17.8 Å². The van der Waals surface area contributed by atoms with Crippen LogP contribution in [0.25, 0.3) is 0 Å². The van der Waals surface area contributed by atoms with Crippen LogP contribution in [0.2, 0.25) is 0 Å². The van der Waals surface area contributed by atoms with E-state index in [9.17, 15) is 24.2 Å². The number of aromatic nitrogens is 2. The third-order valence-corrected chi connectivity index (χ3v) is 5.02. The molecule has 8 heteroatoms. The number of rotatable bonds is 5. The first-order chi connectivity index (χ1) is 12.8. The molecule has 2 atom stereocenters. The first-order valence-electron chi connectivity index (χ1n) is 8.73. The monoisotopic (exact) mass is 375 g/mol. The number of carboxylic acid groups (broad SMARTS) is 1. The molecule has 0 amide bonds. The van der Waals surface area contributed by atoms with Gasteiger partial charge in [0.15, 0.2) is 0 Å². The number of aromatic amines is 1. The first kappa shape index (κ1) is 19.2. The second kappa shape index (κ2) is 7.58. The molecular weight excluding hydrogens is 353 g/mol. The van der Waals surface area contributed by atoms with E-state index < -0.39 is 23.3 Å². The lowest BCUT2D eigenvalue weighted by Gasteiger charge is -2.43. The second-order valence-corrected chi connectivity index (χ2v) is 7.10. The molecule has 3 rings (SSSR count). The average molecular weight is 375 g/mol. The van der Waals surface area contributed by atoms with E-state index in [2.05, 4.69) is 9.97 Å². The quantitative estimate of drug-likeness (QED) is 0.723. The van der Waals surface area contributed by atoms with Crippen LogP contribution in [0.15, 0.2) is 35.1 Å². The van der Waals surface area contributed by atoms with Crippen molar-refractivity contribution in [1.29, 1.82) is 0 Å². The van der Waals surface area contributed by atoms with Crippen LogP contribution >= 0.6 is 0 Å². The molecule has 27 heavy (non-hydrogen) atoms. The maximum absolute atomic E-state index is 13.2. The Labute approximate surface area is 155 Å². The molecule has 0 bridgehead atoms. The topological polar surface area (TPSA) is 107 Å². The normalized spacial score (nSPS) is 23.3. The zero-order valence-electron chi connectivity index (χ0n) is 15.0. The Morgan fingerprint density at radius 1 is 1.41 bits per heavy atom. The van der Waals surface area contributed by atoms with Crippen molar-refractivity contribution in [2.24, 2.45) is 5.41 Å². The molecule has 0 radical (unpaired) electrons. The van der Waals surface area contributed by atoms with Crippen molar-refractivity contribution in [3.8, 4) is 0 Å². The molecule has 2 heterocycles. The Morgan fingerprint density at radius 3 is 2.74 bits per heavy atom. The number of likely N-dealkylation sites (tertiary alicyclic amines) is 1. The van der Waals surface area contributed by atoms with Crippen molar-refractivity contribution in [2.45, 2.75) is 32.4 Å². The van der Waals surface area contributed by atoms with Gasteiger partial charge in [-0.1, -0.05) is 12.1 Å². The summed E-state index contributed by atoms with van der Waals surface area (Å²) in [5, 5.41) is 20.4. The Kier molecular flexibility index (Phi) is 5.38. The van der Waals surface area contributed by atoms with Crippen LogP contribution < -0.4 is 5.56 Å². The van der Waals surface area contributed by atoms with Crippen molar-refractivity contribution >= 4 is 5.97 Å². The fourth-order valence-electron chi connectivity index (χ4n) is 3.68. The first-order valence-corrected chi connectivity index (χ1v) is 8.73. The number of aryl methyl sites for hydroxylation is 1. The minimum atomic E-state index is -1.41. The molecule has 0 spiro atoms. The maximum Gasteiger partial charge on any atom is 0.313 e. The van der Waals surface area contributed by atoms with Crippen LogP contribution in [0, 0.1) is 18.2 Å². The lowest BCUT2D eigenvalue weighted by atomic mass is 9.73. The summed E-state index contributed by atoms with van der Waals surface area (Å²) in [7, 11) is 0. The number of halogens is 1. The molecule has 1 saturated heterocycles. The highest BCUT2D eigenvalue weighted by Crippen LogP contribution is 2.35. The lowest BCUT2D eigenvalue weighted by Crippen LogP contribution is -2.56. The number of H-pyrrole nitrogens is 1. The number of carboxylic acids is 1. The Balaban J connectivity index is 1.84. The van der Waals surface area contributed by atoms with Crippen LogP contribution in [0.4, 0.5) is 4.39 Å². The number of hydrogen-bond donors (Lipinski definition) is 3. The summed E-state index contributed by atoms with van der Waals surface area (Å²) < 4.78 is 13.2. The molecule has 2 aromatic rings. The number of aliphatic hydroxyl groups excluding tert-OH is 1. The fourth-order valence-corrected chi connectivity index (χ4v) is 3.68. The molecule has 7 nitrogen and oxygen atoms in total. The van der Waals surface area contributed by atoms with Crippen molar-refractivity contribution in [3.05, 3.63) is 63.6 Å². The largest absolute Gasteiger partial charge is 0.481 e.